The minimum absolute atomic E-state index is 0.00314. The van der Waals surface area contributed by atoms with Crippen molar-refractivity contribution in [3.63, 3.8) is 0 Å². The molecule has 4 aromatic rings. The van der Waals surface area contributed by atoms with E-state index in [0.29, 0.717) is 21.6 Å². The van der Waals surface area contributed by atoms with E-state index >= 15 is 0 Å². The summed E-state index contributed by atoms with van der Waals surface area (Å²) in [6, 6.07) is 10.4. The summed E-state index contributed by atoms with van der Waals surface area (Å²) in [6.45, 7) is 1.37. The molecule has 0 saturated carbocycles. The second-order valence-corrected chi connectivity index (χ2v) is 9.40. The molecule has 0 fully saturated rings. The second kappa shape index (κ2) is 8.33. The normalized spacial score (nSPS) is 11.6. The maximum atomic E-state index is 15.0. The van der Waals surface area contributed by atoms with Crippen molar-refractivity contribution in [1.29, 1.82) is 0 Å². The van der Waals surface area contributed by atoms with Gasteiger partial charge in [-0.3, -0.25) is 9.52 Å². The minimum Gasteiger partial charge on any atom is -0.345 e. The van der Waals surface area contributed by atoms with Crippen molar-refractivity contribution >= 4 is 44.1 Å². The third-order valence-electron chi connectivity index (χ3n) is 4.92. The average molecular weight is 476 g/mol. The Morgan fingerprint density at radius 3 is 2.53 bits per heavy atom. The topological polar surface area (TPSA) is 91.9 Å². The summed E-state index contributed by atoms with van der Waals surface area (Å²) in [6.07, 6.45) is 2.91. The van der Waals surface area contributed by atoms with Crippen LogP contribution in [0.5, 0.6) is 0 Å². The first-order valence-electron chi connectivity index (χ1n) is 9.46. The maximum absolute atomic E-state index is 15.0. The Morgan fingerprint density at radius 1 is 1.12 bits per heavy atom. The number of pyridine rings is 1. The van der Waals surface area contributed by atoms with Crippen molar-refractivity contribution in [3.8, 4) is 11.1 Å². The molecule has 2 heterocycles. The molecule has 10 heteroatoms. The van der Waals surface area contributed by atoms with Crippen molar-refractivity contribution in [2.24, 2.45) is 0 Å². The van der Waals surface area contributed by atoms with Crippen molar-refractivity contribution in [2.75, 3.05) is 10.5 Å². The first-order chi connectivity index (χ1) is 15.2. The van der Waals surface area contributed by atoms with Crippen LogP contribution in [-0.2, 0) is 10.0 Å². The van der Waals surface area contributed by atoms with Crippen LogP contribution in [0, 0.1) is 11.6 Å². The smallest absolute Gasteiger partial charge is 0.232 e. The van der Waals surface area contributed by atoms with Gasteiger partial charge in [0, 0.05) is 33.9 Å². The zero-order valence-electron chi connectivity index (χ0n) is 16.6. The number of sulfonamides is 1. The summed E-state index contributed by atoms with van der Waals surface area (Å²) in [4.78, 5) is 20.2. The highest BCUT2D eigenvalue weighted by Gasteiger charge is 2.25. The van der Waals surface area contributed by atoms with E-state index in [0.717, 1.165) is 17.7 Å². The number of hydrogen-bond acceptors (Lipinski definition) is 4. The monoisotopic (exact) mass is 475 g/mol. The van der Waals surface area contributed by atoms with Gasteiger partial charge in [-0.2, -0.15) is 0 Å². The fraction of sp³-hybridized carbons (Fsp3) is 0.0909. The molecule has 0 saturated heterocycles. The van der Waals surface area contributed by atoms with E-state index in [-0.39, 0.29) is 11.3 Å². The zero-order valence-corrected chi connectivity index (χ0v) is 18.2. The van der Waals surface area contributed by atoms with Gasteiger partial charge in [-0.05, 0) is 42.8 Å². The van der Waals surface area contributed by atoms with Crippen LogP contribution in [0.4, 0.5) is 14.5 Å². The number of nitrogens with one attached hydrogen (secondary N) is 2. The summed E-state index contributed by atoms with van der Waals surface area (Å²) < 4.78 is 55.1. The van der Waals surface area contributed by atoms with Gasteiger partial charge >= 0.3 is 0 Å². The summed E-state index contributed by atoms with van der Waals surface area (Å²) in [5, 5.41) is 0.922. The highest BCUT2D eigenvalue weighted by Crippen LogP contribution is 2.30. The molecule has 2 aromatic heterocycles. The van der Waals surface area contributed by atoms with Gasteiger partial charge < -0.3 is 4.98 Å². The molecule has 0 bridgehead atoms. The Labute approximate surface area is 187 Å². The molecule has 0 atom stereocenters. The summed E-state index contributed by atoms with van der Waals surface area (Å²) in [7, 11) is -3.83. The number of anilines is 1. The molecule has 164 valence electrons. The molecule has 0 spiro atoms. The molecule has 0 unspecified atom stereocenters. The Morgan fingerprint density at radius 2 is 1.84 bits per heavy atom. The number of aromatic nitrogens is 2. The highest BCUT2D eigenvalue weighted by atomic mass is 35.5. The number of ketones is 1. The van der Waals surface area contributed by atoms with Crippen LogP contribution < -0.4 is 4.72 Å². The van der Waals surface area contributed by atoms with E-state index in [9.17, 15) is 22.0 Å². The molecule has 0 aliphatic heterocycles. The third-order valence-corrected chi connectivity index (χ3v) is 6.46. The largest absolute Gasteiger partial charge is 0.345 e. The van der Waals surface area contributed by atoms with Crippen molar-refractivity contribution in [3.05, 3.63) is 82.6 Å². The second-order valence-electron chi connectivity index (χ2n) is 6.95. The Bertz CT molecular complexity index is 1450. The number of nitrogens with zero attached hydrogens (tertiary/aromatic N) is 1. The first-order valence-corrected chi connectivity index (χ1v) is 11.5. The highest BCUT2D eigenvalue weighted by molar-refractivity contribution is 7.92. The first kappa shape index (κ1) is 21.9. The molecule has 32 heavy (non-hydrogen) atoms. The van der Waals surface area contributed by atoms with Crippen LogP contribution in [0.3, 0.4) is 0 Å². The van der Waals surface area contributed by atoms with E-state index in [2.05, 4.69) is 9.97 Å². The van der Waals surface area contributed by atoms with Crippen LogP contribution in [0.1, 0.15) is 22.8 Å². The zero-order chi connectivity index (χ0) is 23.0. The lowest BCUT2D eigenvalue weighted by Gasteiger charge is -2.11. The fourth-order valence-corrected chi connectivity index (χ4v) is 3.97. The molecular weight excluding hydrogens is 460 g/mol. The number of benzene rings is 2. The van der Waals surface area contributed by atoms with E-state index in [4.69, 9.17) is 11.6 Å². The minimum atomic E-state index is -3.83. The van der Waals surface area contributed by atoms with Crippen molar-refractivity contribution < 1.29 is 22.0 Å². The van der Waals surface area contributed by atoms with Crippen LogP contribution in [0.25, 0.3) is 22.2 Å². The molecule has 0 radical (unpaired) electrons. The fourth-order valence-electron chi connectivity index (χ4n) is 3.21. The van der Waals surface area contributed by atoms with Crippen molar-refractivity contribution in [2.45, 2.75) is 6.92 Å². The number of H-pyrrole nitrogens is 1. The molecule has 0 amide bonds. The molecular formula is C22H16ClF2N3O3S. The summed E-state index contributed by atoms with van der Waals surface area (Å²) >= 11 is 5.92. The molecule has 2 aromatic carbocycles. The average Bonchev–Trinajstić information content (AvgIpc) is 3.19. The predicted molar refractivity (Wildman–Crippen MR) is 119 cm³/mol. The van der Waals surface area contributed by atoms with Gasteiger partial charge in [-0.15, -0.1) is 0 Å². The number of carbonyl (C=O) groups is 1. The van der Waals surface area contributed by atoms with Crippen LogP contribution in [-0.4, -0.2) is 29.9 Å². The number of fused-ring (bicyclic) bond motifs is 1. The van der Waals surface area contributed by atoms with E-state index < -0.39 is 38.7 Å². The van der Waals surface area contributed by atoms with Crippen LogP contribution >= 0.6 is 11.6 Å². The van der Waals surface area contributed by atoms with Gasteiger partial charge in [0.1, 0.15) is 11.5 Å². The van der Waals surface area contributed by atoms with Gasteiger partial charge in [-0.1, -0.05) is 23.7 Å². The lowest BCUT2D eigenvalue weighted by atomic mass is 10.00. The van der Waals surface area contributed by atoms with Gasteiger partial charge in [0.15, 0.2) is 5.82 Å². The van der Waals surface area contributed by atoms with E-state index in [1.165, 1.54) is 13.1 Å². The SMILES string of the molecule is CCS(=O)(=O)Nc1ccc(F)c(C(=O)c2c[nH]c3ncc(-c4ccc(Cl)cc4)cc23)c1F. The summed E-state index contributed by atoms with van der Waals surface area (Å²) in [5.74, 6) is -3.65. The molecule has 4 rings (SSSR count). The Kier molecular flexibility index (Phi) is 5.70. The Balaban J connectivity index is 1.80. The van der Waals surface area contributed by atoms with Crippen LogP contribution in [0.15, 0.2) is 54.9 Å². The van der Waals surface area contributed by atoms with E-state index in [1.807, 2.05) is 4.72 Å². The molecule has 2 N–H and O–H groups in total. The lowest BCUT2D eigenvalue weighted by molar-refractivity contribution is 0.103. The number of carbonyl (C=O) groups excluding carboxylic acids is 1. The Hall–Kier alpha value is -3.30. The quantitative estimate of drug-likeness (QED) is 0.377. The van der Waals surface area contributed by atoms with E-state index in [1.54, 1.807) is 36.5 Å². The standard InChI is InChI=1S/C22H16ClF2N3O3S/c1-2-32(30,31)28-18-8-7-17(24)19(20(18)25)21(29)16-11-27-22-15(16)9-13(10-26-22)12-3-5-14(23)6-4-12/h3-11,28H,2H2,1H3,(H,26,27). The molecule has 0 aliphatic carbocycles. The third kappa shape index (κ3) is 4.09. The van der Waals surface area contributed by atoms with Gasteiger partial charge in [0.05, 0.1) is 17.0 Å². The van der Waals surface area contributed by atoms with Gasteiger partial charge in [-0.25, -0.2) is 22.2 Å². The predicted octanol–water partition coefficient (Wildman–Crippen LogP) is 5.15. The van der Waals surface area contributed by atoms with Gasteiger partial charge in [0.2, 0.25) is 15.8 Å². The number of aromatic amines is 1. The number of halogens is 3. The van der Waals surface area contributed by atoms with Gasteiger partial charge in [0.25, 0.3) is 0 Å². The maximum Gasteiger partial charge on any atom is 0.232 e. The summed E-state index contributed by atoms with van der Waals surface area (Å²) in [5.41, 5.74) is 0.451. The number of rotatable bonds is 6. The molecule has 6 nitrogen and oxygen atoms in total. The number of hydrogen-bond donors (Lipinski definition) is 2. The lowest BCUT2D eigenvalue weighted by Crippen LogP contribution is -2.17. The van der Waals surface area contributed by atoms with Crippen LogP contribution in [0.2, 0.25) is 5.02 Å². The van der Waals surface area contributed by atoms with Crippen molar-refractivity contribution in [1.82, 2.24) is 9.97 Å². The molecule has 0 aliphatic rings.